The summed E-state index contributed by atoms with van der Waals surface area (Å²) in [6, 6.07) is 2.56. The molecule has 0 aliphatic rings. The van der Waals surface area contributed by atoms with Crippen molar-refractivity contribution in [2.75, 3.05) is 0 Å². The summed E-state index contributed by atoms with van der Waals surface area (Å²) < 4.78 is 3.17. The van der Waals surface area contributed by atoms with Crippen LogP contribution >= 0.6 is 15.9 Å². The molecule has 0 atom stereocenters. The Morgan fingerprint density at radius 1 is 1.31 bits per heavy atom. The van der Waals surface area contributed by atoms with Crippen LogP contribution in [0, 0.1) is 6.92 Å². The van der Waals surface area contributed by atoms with Crippen molar-refractivity contribution >= 4 is 26.8 Å². The number of aryl methyl sites for hydroxylation is 1. The standard InChI is InChI=1S/C11H13BrN2.C2H6/c1-7(2)14-6-8(3)9-5-13-11(12)4-10(9)14;1-2/h4-7H,1-3H3;1-2H3. The number of aromatic nitrogens is 2. The van der Waals surface area contributed by atoms with Crippen LogP contribution < -0.4 is 0 Å². The molecule has 2 nitrogen and oxygen atoms in total. The van der Waals surface area contributed by atoms with Gasteiger partial charge in [-0.25, -0.2) is 4.98 Å². The van der Waals surface area contributed by atoms with Gasteiger partial charge in [-0.1, -0.05) is 13.8 Å². The molecule has 0 aromatic carbocycles. The molecule has 2 aromatic rings. The van der Waals surface area contributed by atoms with E-state index in [-0.39, 0.29) is 0 Å². The van der Waals surface area contributed by atoms with E-state index in [2.05, 4.69) is 58.5 Å². The topological polar surface area (TPSA) is 17.8 Å². The van der Waals surface area contributed by atoms with Crippen molar-refractivity contribution in [1.82, 2.24) is 9.55 Å². The van der Waals surface area contributed by atoms with Crippen molar-refractivity contribution in [3.63, 3.8) is 0 Å². The molecule has 16 heavy (non-hydrogen) atoms. The van der Waals surface area contributed by atoms with E-state index in [4.69, 9.17) is 0 Å². The molecule has 0 saturated carbocycles. The van der Waals surface area contributed by atoms with Gasteiger partial charge in [0.1, 0.15) is 4.60 Å². The van der Waals surface area contributed by atoms with Gasteiger partial charge in [0.2, 0.25) is 0 Å². The van der Waals surface area contributed by atoms with Crippen molar-refractivity contribution in [1.29, 1.82) is 0 Å². The highest BCUT2D eigenvalue weighted by Crippen LogP contribution is 2.25. The first-order chi connectivity index (χ1) is 7.59. The van der Waals surface area contributed by atoms with Crippen LogP contribution in [-0.4, -0.2) is 9.55 Å². The highest BCUT2D eigenvalue weighted by Gasteiger charge is 2.08. The van der Waals surface area contributed by atoms with Crippen LogP contribution in [0.3, 0.4) is 0 Å². The zero-order valence-electron chi connectivity index (χ0n) is 10.6. The Labute approximate surface area is 106 Å². The average molecular weight is 283 g/mol. The van der Waals surface area contributed by atoms with Gasteiger partial charge >= 0.3 is 0 Å². The zero-order valence-corrected chi connectivity index (χ0v) is 12.2. The third-order valence-corrected chi connectivity index (χ3v) is 2.87. The monoisotopic (exact) mass is 282 g/mol. The second-order valence-electron chi connectivity index (χ2n) is 3.84. The Morgan fingerprint density at radius 2 is 1.94 bits per heavy atom. The molecule has 0 bridgehead atoms. The molecule has 0 N–H and O–H groups in total. The molecule has 0 fully saturated rings. The van der Waals surface area contributed by atoms with Gasteiger partial charge in [0.15, 0.2) is 0 Å². The average Bonchev–Trinajstić information content (AvgIpc) is 2.58. The number of rotatable bonds is 1. The van der Waals surface area contributed by atoms with Crippen LogP contribution in [0.15, 0.2) is 23.1 Å². The Kier molecular flexibility index (Phi) is 4.54. The molecule has 88 valence electrons. The molecule has 0 radical (unpaired) electrons. The summed E-state index contributed by atoms with van der Waals surface area (Å²) >= 11 is 3.40. The normalized spacial score (nSPS) is 10.4. The van der Waals surface area contributed by atoms with Crippen molar-refractivity contribution < 1.29 is 0 Å². The van der Waals surface area contributed by atoms with Crippen LogP contribution in [-0.2, 0) is 0 Å². The second kappa shape index (κ2) is 5.48. The molecule has 0 aliphatic heterocycles. The maximum atomic E-state index is 4.24. The SMILES string of the molecule is CC.Cc1cn(C(C)C)c2cc(Br)ncc12. The summed E-state index contributed by atoms with van der Waals surface area (Å²) in [5.74, 6) is 0. The van der Waals surface area contributed by atoms with E-state index in [1.54, 1.807) is 0 Å². The highest BCUT2D eigenvalue weighted by molar-refractivity contribution is 9.10. The van der Waals surface area contributed by atoms with E-state index in [9.17, 15) is 0 Å². The third-order valence-electron chi connectivity index (χ3n) is 2.44. The Hall–Kier alpha value is -0.830. The Bertz CT molecular complexity index is 472. The second-order valence-corrected chi connectivity index (χ2v) is 4.65. The minimum Gasteiger partial charge on any atom is -0.345 e. The maximum Gasteiger partial charge on any atom is 0.108 e. The van der Waals surface area contributed by atoms with Gasteiger partial charge in [-0.2, -0.15) is 0 Å². The lowest BCUT2D eigenvalue weighted by Gasteiger charge is -2.08. The Morgan fingerprint density at radius 3 is 2.50 bits per heavy atom. The molecular weight excluding hydrogens is 264 g/mol. The molecule has 0 unspecified atom stereocenters. The molecule has 2 rings (SSSR count). The molecule has 2 heterocycles. The summed E-state index contributed by atoms with van der Waals surface area (Å²) in [4.78, 5) is 4.24. The van der Waals surface area contributed by atoms with Crippen LogP contribution in [0.1, 0.15) is 39.3 Å². The largest absolute Gasteiger partial charge is 0.345 e. The van der Waals surface area contributed by atoms with Crippen molar-refractivity contribution in [3.05, 3.63) is 28.6 Å². The van der Waals surface area contributed by atoms with E-state index >= 15 is 0 Å². The summed E-state index contributed by atoms with van der Waals surface area (Å²) in [7, 11) is 0. The molecule has 0 amide bonds. The summed E-state index contributed by atoms with van der Waals surface area (Å²) in [5, 5.41) is 1.24. The Balaban J connectivity index is 0.000000606. The number of fused-ring (bicyclic) bond motifs is 1. The first-order valence-electron chi connectivity index (χ1n) is 5.72. The fraction of sp³-hybridized carbons (Fsp3) is 0.462. The van der Waals surface area contributed by atoms with Crippen LogP contribution in [0.25, 0.3) is 10.9 Å². The number of halogens is 1. The highest BCUT2D eigenvalue weighted by atomic mass is 79.9. The van der Waals surface area contributed by atoms with E-state index in [1.165, 1.54) is 16.5 Å². The van der Waals surface area contributed by atoms with Gasteiger partial charge in [0.25, 0.3) is 0 Å². The molecular formula is C13H19BrN2. The van der Waals surface area contributed by atoms with Gasteiger partial charge in [-0.3, -0.25) is 0 Å². The van der Waals surface area contributed by atoms with Crippen LogP contribution in [0.2, 0.25) is 0 Å². The molecule has 2 aromatic heterocycles. The van der Waals surface area contributed by atoms with Gasteiger partial charge < -0.3 is 4.57 Å². The predicted octanol–water partition coefficient (Wildman–Crippen LogP) is 4.71. The molecule has 0 saturated heterocycles. The maximum absolute atomic E-state index is 4.24. The minimum absolute atomic E-state index is 0.487. The van der Waals surface area contributed by atoms with Crippen molar-refractivity contribution in [2.45, 2.75) is 40.7 Å². The zero-order chi connectivity index (χ0) is 12.3. The lowest BCUT2D eigenvalue weighted by molar-refractivity contribution is 0.621. The van der Waals surface area contributed by atoms with E-state index in [1.807, 2.05) is 20.0 Å². The first-order valence-corrected chi connectivity index (χ1v) is 6.51. The summed E-state index contributed by atoms with van der Waals surface area (Å²) in [6.45, 7) is 10.5. The summed E-state index contributed by atoms with van der Waals surface area (Å²) in [6.07, 6.45) is 4.11. The number of pyridine rings is 1. The lowest BCUT2D eigenvalue weighted by atomic mass is 10.2. The van der Waals surface area contributed by atoms with E-state index < -0.39 is 0 Å². The predicted molar refractivity (Wildman–Crippen MR) is 73.9 cm³/mol. The molecule has 3 heteroatoms. The van der Waals surface area contributed by atoms with Crippen LogP contribution in [0.5, 0.6) is 0 Å². The molecule has 0 spiro atoms. The smallest absolute Gasteiger partial charge is 0.108 e. The number of hydrogen-bond donors (Lipinski definition) is 0. The first kappa shape index (κ1) is 13.2. The fourth-order valence-electron chi connectivity index (χ4n) is 1.71. The van der Waals surface area contributed by atoms with Gasteiger partial charge in [-0.15, -0.1) is 0 Å². The van der Waals surface area contributed by atoms with Crippen molar-refractivity contribution in [3.8, 4) is 0 Å². The van der Waals surface area contributed by atoms with Crippen molar-refractivity contribution in [2.24, 2.45) is 0 Å². The summed E-state index contributed by atoms with van der Waals surface area (Å²) in [5.41, 5.74) is 2.54. The van der Waals surface area contributed by atoms with Crippen LogP contribution in [0.4, 0.5) is 0 Å². The number of hydrogen-bond acceptors (Lipinski definition) is 1. The lowest BCUT2D eigenvalue weighted by Crippen LogP contribution is -1.97. The quantitative estimate of drug-likeness (QED) is 0.693. The minimum atomic E-state index is 0.487. The van der Waals surface area contributed by atoms with Gasteiger partial charge in [0.05, 0.1) is 5.52 Å². The van der Waals surface area contributed by atoms with E-state index in [0.29, 0.717) is 6.04 Å². The van der Waals surface area contributed by atoms with Gasteiger partial charge in [0, 0.05) is 23.8 Å². The van der Waals surface area contributed by atoms with E-state index in [0.717, 1.165) is 4.60 Å². The molecule has 0 aliphatic carbocycles. The number of nitrogens with zero attached hydrogens (tertiary/aromatic N) is 2. The third kappa shape index (κ3) is 2.46. The van der Waals surface area contributed by atoms with Gasteiger partial charge in [-0.05, 0) is 48.3 Å². The fourth-order valence-corrected chi connectivity index (χ4v) is 2.03.